The minimum absolute atomic E-state index is 0.00416. The molecule has 2 N–H and O–H groups in total. The van der Waals surface area contributed by atoms with Crippen LogP contribution in [0.2, 0.25) is 0 Å². The largest absolute Gasteiger partial charge is 0.478 e. The van der Waals surface area contributed by atoms with Crippen molar-refractivity contribution in [2.75, 3.05) is 11.9 Å². The fourth-order valence-electron chi connectivity index (χ4n) is 3.17. The van der Waals surface area contributed by atoms with Gasteiger partial charge in [0.2, 0.25) is 5.91 Å². The predicted molar refractivity (Wildman–Crippen MR) is 110 cm³/mol. The quantitative estimate of drug-likeness (QED) is 0.646. The maximum Gasteiger partial charge on any atom is 0.337 e. The summed E-state index contributed by atoms with van der Waals surface area (Å²) < 4.78 is 33.0. The standard InChI is InChI=1S/C22H21F2N3O5/c1-12(2)8-17(21(29)26-18-7-6-13(10-25-18)22(30)31)27-11-14(9-19(27)28)32-20-15(23)4-3-5-16(20)24/h3-7,9-10,12,17H,8,11H2,1-2H3,(H,30,31)(H,25,26,29)/t17-/m0/s1. The first kappa shape index (κ1) is 22.9. The molecular formula is C22H21F2N3O5. The van der Waals surface area contributed by atoms with Crippen molar-refractivity contribution < 1.29 is 33.0 Å². The number of aromatic nitrogens is 1. The van der Waals surface area contributed by atoms with E-state index < -0.39 is 41.2 Å². The molecule has 0 saturated carbocycles. The molecule has 0 aliphatic carbocycles. The summed E-state index contributed by atoms with van der Waals surface area (Å²) in [6.45, 7) is 3.60. The molecule has 2 amide bonds. The minimum Gasteiger partial charge on any atom is -0.478 e. The van der Waals surface area contributed by atoms with Gasteiger partial charge in [0, 0.05) is 12.3 Å². The second kappa shape index (κ2) is 9.54. The Hall–Kier alpha value is -3.82. The van der Waals surface area contributed by atoms with Crippen LogP contribution in [0.25, 0.3) is 0 Å². The fraction of sp³-hybridized carbons (Fsp3) is 0.273. The summed E-state index contributed by atoms with van der Waals surface area (Å²) in [6.07, 6.45) is 2.50. The smallest absolute Gasteiger partial charge is 0.337 e. The first-order valence-electron chi connectivity index (χ1n) is 9.79. The topological polar surface area (TPSA) is 109 Å². The highest BCUT2D eigenvalue weighted by Gasteiger charge is 2.35. The van der Waals surface area contributed by atoms with Gasteiger partial charge < -0.3 is 20.1 Å². The van der Waals surface area contributed by atoms with Gasteiger partial charge >= 0.3 is 5.97 Å². The number of pyridine rings is 1. The summed E-state index contributed by atoms with van der Waals surface area (Å²) >= 11 is 0. The Bertz CT molecular complexity index is 1050. The third kappa shape index (κ3) is 5.26. The number of nitrogens with zero attached hydrogens (tertiary/aromatic N) is 2. The molecule has 0 spiro atoms. The summed E-state index contributed by atoms with van der Waals surface area (Å²) in [6, 6.07) is 4.98. The molecule has 0 saturated heterocycles. The number of hydrogen-bond acceptors (Lipinski definition) is 5. The third-order valence-electron chi connectivity index (χ3n) is 4.68. The average Bonchev–Trinajstić information content (AvgIpc) is 3.09. The number of ether oxygens (including phenoxy) is 1. The van der Waals surface area contributed by atoms with E-state index in [2.05, 4.69) is 10.3 Å². The second-order valence-electron chi connectivity index (χ2n) is 7.60. The maximum atomic E-state index is 13.9. The van der Waals surface area contributed by atoms with Gasteiger partial charge in [-0.05, 0) is 36.6 Å². The van der Waals surface area contributed by atoms with Gasteiger partial charge in [-0.3, -0.25) is 9.59 Å². The Kier molecular flexibility index (Phi) is 6.82. The summed E-state index contributed by atoms with van der Waals surface area (Å²) in [7, 11) is 0. The van der Waals surface area contributed by atoms with Crippen molar-refractivity contribution in [3.63, 3.8) is 0 Å². The SMILES string of the molecule is CC(C)C[C@@H](C(=O)Nc1ccc(C(=O)O)cn1)N1CC(Oc2c(F)cccc2F)=CC1=O. The number of amides is 2. The van der Waals surface area contributed by atoms with E-state index in [-0.39, 0.29) is 29.6 Å². The zero-order valence-corrected chi connectivity index (χ0v) is 17.3. The average molecular weight is 445 g/mol. The Morgan fingerprint density at radius 1 is 1.22 bits per heavy atom. The van der Waals surface area contributed by atoms with Gasteiger partial charge in [-0.15, -0.1) is 0 Å². The van der Waals surface area contributed by atoms with Crippen LogP contribution in [0.1, 0.15) is 30.6 Å². The van der Waals surface area contributed by atoms with Crippen molar-refractivity contribution in [3.05, 3.63) is 65.6 Å². The summed E-state index contributed by atoms with van der Waals surface area (Å²) in [5.74, 6) is -4.51. The van der Waals surface area contributed by atoms with Gasteiger partial charge in [0.15, 0.2) is 17.4 Å². The van der Waals surface area contributed by atoms with E-state index in [4.69, 9.17) is 9.84 Å². The maximum absolute atomic E-state index is 13.9. The highest BCUT2D eigenvalue weighted by atomic mass is 19.1. The van der Waals surface area contributed by atoms with E-state index in [0.29, 0.717) is 6.42 Å². The minimum atomic E-state index is -1.15. The molecule has 3 rings (SSSR count). The highest BCUT2D eigenvalue weighted by Crippen LogP contribution is 2.27. The van der Waals surface area contributed by atoms with E-state index in [1.807, 2.05) is 13.8 Å². The molecule has 1 atom stereocenters. The number of para-hydroxylation sites is 1. The number of benzene rings is 1. The zero-order valence-electron chi connectivity index (χ0n) is 17.3. The number of carboxylic acids is 1. The van der Waals surface area contributed by atoms with Crippen LogP contribution in [0.15, 0.2) is 48.4 Å². The molecule has 0 unspecified atom stereocenters. The van der Waals surface area contributed by atoms with Gasteiger partial charge in [0.05, 0.1) is 12.1 Å². The molecule has 2 aromatic rings. The number of carbonyl (C=O) groups is 3. The number of halogens is 2. The lowest BCUT2D eigenvalue weighted by Crippen LogP contribution is -2.46. The third-order valence-corrected chi connectivity index (χ3v) is 4.68. The van der Waals surface area contributed by atoms with Crippen molar-refractivity contribution in [3.8, 4) is 5.75 Å². The lowest BCUT2D eigenvalue weighted by molar-refractivity contribution is -0.133. The molecule has 0 bridgehead atoms. The van der Waals surface area contributed by atoms with Crippen LogP contribution in [0.4, 0.5) is 14.6 Å². The van der Waals surface area contributed by atoms with Crippen LogP contribution < -0.4 is 10.1 Å². The normalized spacial score (nSPS) is 14.3. The van der Waals surface area contributed by atoms with Crippen molar-refractivity contribution in [2.24, 2.45) is 5.92 Å². The summed E-state index contributed by atoms with van der Waals surface area (Å²) in [4.78, 5) is 41.6. The highest BCUT2D eigenvalue weighted by molar-refractivity contribution is 6.00. The summed E-state index contributed by atoms with van der Waals surface area (Å²) in [5, 5.41) is 11.5. The molecule has 1 aliphatic rings. The number of aromatic carboxylic acids is 1. The first-order valence-corrected chi connectivity index (χ1v) is 9.79. The van der Waals surface area contributed by atoms with Crippen molar-refractivity contribution in [1.82, 2.24) is 9.88 Å². The molecule has 32 heavy (non-hydrogen) atoms. The molecular weight excluding hydrogens is 424 g/mol. The Labute approximate surface area is 182 Å². The first-order chi connectivity index (χ1) is 15.2. The molecule has 1 aromatic carbocycles. The van der Waals surface area contributed by atoms with E-state index in [1.165, 1.54) is 23.1 Å². The van der Waals surface area contributed by atoms with Crippen LogP contribution in [0.5, 0.6) is 5.75 Å². The fourth-order valence-corrected chi connectivity index (χ4v) is 3.17. The number of carboxylic acid groups (broad SMARTS) is 1. The number of nitrogens with one attached hydrogen (secondary N) is 1. The van der Waals surface area contributed by atoms with E-state index >= 15 is 0 Å². The lowest BCUT2D eigenvalue weighted by Gasteiger charge is -2.28. The molecule has 1 aliphatic heterocycles. The number of carbonyl (C=O) groups excluding carboxylic acids is 2. The monoisotopic (exact) mass is 445 g/mol. The van der Waals surface area contributed by atoms with Gasteiger partial charge in [0.25, 0.3) is 5.91 Å². The molecule has 1 aromatic heterocycles. The Morgan fingerprint density at radius 2 is 1.91 bits per heavy atom. The van der Waals surface area contributed by atoms with Crippen LogP contribution in [0, 0.1) is 17.6 Å². The zero-order chi connectivity index (χ0) is 23.4. The van der Waals surface area contributed by atoms with Crippen LogP contribution in [-0.4, -0.2) is 45.4 Å². The van der Waals surface area contributed by atoms with Crippen molar-refractivity contribution >= 4 is 23.6 Å². The molecule has 2 heterocycles. The van der Waals surface area contributed by atoms with E-state index in [1.54, 1.807) is 0 Å². The van der Waals surface area contributed by atoms with E-state index in [9.17, 15) is 23.2 Å². The van der Waals surface area contributed by atoms with Crippen LogP contribution in [-0.2, 0) is 9.59 Å². The molecule has 0 radical (unpaired) electrons. The van der Waals surface area contributed by atoms with Crippen LogP contribution >= 0.6 is 0 Å². The van der Waals surface area contributed by atoms with Gasteiger partial charge in [0.1, 0.15) is 17.6 Å². The van der Waals surface area contributed by atoms with Crippen LogP contribution in [0.3, 0.4) is 0 Å². The Morgan fingerprint density at radius 3 is 2.47 bits per heavy atom. The number of rotatable bonds is 8. The second-order valence-corrected chi connectivity index (χ2v) is 7.60. The molecule has 168 valence electrons. The number of anilines is 1. The number of hydrogen-bond donors (Lipinski definition) is 2. The van der Waals surface area contributed by atoms with Gasteiger partial charge in [-0.25, -0.2) is 18.6 Å². The molecule has 10 heteroatoms. The van der Waals surface area contributed by atoms with Gasteiger partial charge in [-0.2, -0.15) is 0 Å². The molecule has 8 nitrogen and oxygen atoms in total. The Balaban J connectivity index is 1.75. The van der Waals surface area contributed by atoms with Crippen molar-refractivity contribution in [1.29, 1.82) is 0 Å². The van der Waals surface area contributed by atoms with Crippen molar-refractivity contribution in [2.45, 2.75) is 26.3 Å². The predicted octanol–water partition coefficient (Wildman–Crippen LogP) is 3.22. The summed E-state index contributed by atoms with van der Waals surface area (Å²) in [5.41, 5.74) is -0.0391. The van der Waals surface area contributed by atoms with E-state index in [0.717, 1.165) is 24.4 Å². The molecule has 0 fully saturated rings. The van der Waals surface area contributed by atoms with Gasteiger partial charge in [-0.1, -0.05) is 19.9 Å². The lowest BCUT2D eigenvalue weighted by atomic mass is 10.0.